The molecule has 0 aromatic heterocycles. The van der Waals surface area contributed by atoms with Crippen LogP contribution in [0.25, 0.3) is 0 Å². The first kappa shape index (κ1) is 15.4. The van der Waals surface area contributed by atoms with Crippen LogP contribution in [0.4, 0.5) is 11.4 Å². The first-order chi connectivity index (χ1) is 10.1. The van der Waals surface area contributed by atoms with E-state index >= 15 is 0 Å². The zero-order valence-corrected chi connectivity index (χ0v) is 12.2. The molecule has 6 nitrogen and oxygen atoms in total. The Morgan fingerprint density at radius 3 is 2.90 bits per heavy atom. The Labute approximate surface area is 124 Å². The van der Waals surface area contributed by atoms with Gasteiger partial charge in [-0.25, -0.2) is 0 Å². The van der Waals surface area contributed by atoms with Crippen molar-refractivity contribution in [2.75, 3.05) is 11.9 Å². The number of nitrogens with zero attached hydrogens (tertiary/aromatic N) is 1. The molecule has 1 atom stereocenters. The van der Waals surface area contributed by atoms with Crippen LogP contribution in [0.1, 0.15) is 37.7 Å². The number of benzene rings is 1. The Balaban J connectivity index is 1.84. The lowest BCUT2D eigenvalue weighted by molar-refractivity contribution is -0.385. The van der Waals surface area contributed by atoms with Gasteiger partial charge in [-0.15, -0.1) is 0 Å². The zero-order valence-electron chi connectivity index (χ0n) is 12.2. The summed E-state index contributed by atoms with van der Waals surface area (Å²) >= 11 is 0. The molecule has 1 aromatic carbocycles. The van der Waals surface area contributed by atoms with Crippen molar-refractivity contribution in [3.05, 3.63) is 33.9 Å². The molecule has 2 N–H and O–H groups in total. The number of rotatable bonds is 5. The van der Waals surface area contributed by atoms with Gasteiger partial charge in [0.15, 0.2) is 0 Å². The van der Waals surface area contributed by atoms with Gasteiger partial charge in [-0.1, -0.05) is 6.42 Å². The molecule has 114 valence electrons. The second-order valence-corrected chi connectivity index (χ2v) is 5.49. The van der Waals surface area contributed by atoms with Crippen LogP contribution in [0.5, 0.6) is 0 Å². The minimum Gasteiger partial charge on any atom is -0.326 e. The highest BCUT2D eigenvalue weighted by molar-refractivity contribution is 5.91. The van der Waals surface area contributed by atoms with Crippen molar-refractivity contribution in [3.63, 3.8) is 0 Å². The highest BCUT2D eigenvalue weighted by atomic mass is 16.6. The van der Waals surface area contributed by atoms with Gasteiger partial charge < -0.3 is 10.6 Å². The van der Waals surface area contributed by atoms with E-state index in [1.165, 1.54) is 18.9 Å². The number of carbonyl (C=O) groups excluding carboxylic acids is 1. The molecule has 6 heteroatoms. The molecule has 0 saturated carbocycles. The van der Waals surface area contributed by atoms with E-state index in [9.17, 15) is 14.9 Å². The number of nitrogens with one attached hydrogen (secondary N) is 2. The number of carbonyl (C=O) groups is 1. The SMILES string of the molecule is Cc1cc(NC(=O)CCC2CCCCN2)ccc1[N+](=O)[O-]. The molecule has 1 saturated heterocycles. The van der Waals surface area contributed by atoms with Crippen LogP contribution >= 0.6 is 0 Å². The van der Waals surface area contributed by atoms with Crippen molar-refractivity contribution in [2.45, 2.75) is 45.1 Å². The lowest BCUT2D eigenvalue weighted by atomic mass is 10.0. The molecule has 1 unspecified atom stereocenters. The molecular weight excluding hydrogens is 270 g/mol. The van der Waals surface area contributed by atoms with E-state index in [1.807, 2.05) is 0 Å². The number of nitro benzene ring substituents is 1. The highest BCUT2D eigenvalue weighted by Gasteiger charge is 2.15. The Bertz CT molecular complexity index is 525. The van der Waals surface area contributed by atoms with Gasteiger partial charge in [-0.2, -0.15) is 0 Å². The van der Waals surface area contributed by atoms with Crippen LogP contribution in [0.2, 0.25) is 0 Å². The summed E-state index contributed by atoms with van der Waals surface area (Å²) in [5, 5.41) is 17.0. The van der Waals surface area contributed by atoms with Crippen LogP contribution < -0.4 is 10.6 Å². The number of piperidine rings is 1. The van der Waals surface area contributed by atoms with Crippen molar-refractivity contribution < 1.29 is 9.72 Å². The Morgan fingerprint density at radius 2 is 2.29 bits per heavy atom. The van der Waals surface area contributed by atoms with Gasteiger partial charge in [0.2, 0.25) is 5.91 Å². The molecule has 1 aliphatic rings. The maximum absolute atomic E-state index is 11.9. The average molecular weight is 291 g/mol. The van der Waals surface area contributed by atoms with E-state index in [0.29, 0.717) is 23.7 Å². The molecule has 1 aromatic rings. The van der Waals surface area contributed by atoms with Crippen LogP contribution in [0.15, 0.2) is 18.2 Å². The zero-order chi connectivity index (χ0) is 15.2. The van der Waals surface area contributed by atoms with E-state index in [1.54, 1.807) is 19.1 Å². The standard InChI is InChI=1S/C15H21N3O3/c1-11-10-13(5-7-14(11)18(20)21)17-15(19)8-6-12-4-2-3-9-16-12/h5,7,10,12,16H,2-4,6,8-9H2,1H3,(H,17,19). The molecular formula is C15H21N3O3. The third kappa shape index (κ3) is 4.53. The molecule has 0 bridgehead atoms. The Morgan fingerprint density at radius 1 is 1.48 bits per heavy atom. The van der Waals surface area contributed by atoms with Crippen LogP contribution in [0, 0.1) is 17.0 Å². The van der Waals surface area contributed by atoms with Crippen LogP contribution in [-0.2, 0) is 4.79 Å². The summed E-state index contributed by atoms with van der Waals surface area (Å²) in [5.41, 5.74) is 1.23. The van der Waals surface area contributed by atoms with Crippen molar-refractivity contribution in [1.82, 2.24) is 5.32 Å². The van der Waals surface area contributed by atoms with Gasteiger partial charge in [-0.05, 0) is 44.9 Å². The number of amides is 1. The van der Waals surface area contributed by atoms with Gasteiger partial charge in [0.1, 0.15) is 0 Å². The predicted octanol–water partition coefficient (Wildman–Crippen LogP) is 2.76. The van der Waals surface area contributed by atoms with Crippen molar-refractivity contribution in [2.24, 2.45) is 0 Å². The molecule has 1 aliphatic heterocycles. The maximum Gasteiger partial charge on any atom is 0.272 e. The maximum atomic E-state index is 11.9. The molecule has 1 fully saturated rings. The second-order valence-electron chi connectivity index (χ2n) is 5.49. The van der Waals surface area contributed by atoms with E-state index < -0.39 is 4.92 Å². The van der Waals surface area contributed by atoms with E-state index in [-0.39, 0.29) is 11.6 Å². The van der Waals surface area contributed by atoms with Gasteiger partial charge in [0, 0.05) is 29.8 Å². The summed E-state index contributed by atoms with van der Waals surface area (Å²) < 4.78 is 0. The predicted molar refractivity (Wildman–Crippen MR) is 81.3 cm³/mol. The minimum atomic E-state index is -0.421. The van der Waals surface area contributed by atoms with Crippen molar-refractivity contribution >= 4 is 17.3 Å². The largest absolute Gasteiger partial charge is 0.326 e. The normalized spacial score (nSPS) is 18.2. The molecule has 21 heavy (non-hydrogen) atoms. The van der Waals surface area contributed by atoms with Gasteiger partial charge in [0.05, 0.1) is 4.92 Å². The summed E-state index contributed by atoms with van der Waals surface area (Å²) in [5.74, 6) is -0.0457. The van der Waals surface area contributed by atoms with E-state index in [2.05, 4.69) is 10.6 Å². The van der Waals surface area contributed by atoms with E-state index in [4.69, 9.17) is 0 Å². The fourth-order valence-corrected chi connectivity index (χ4v) is 2.64. The summed E-state index contributed by atoms with van der Waals surface area (Å²) in [6.45, 7) is 2.70. The number of hydrogen-bond acceptors (Lipinski definition) is 4. The molecule has 2 rings (SSSR count). The van der Waals surface area contributed by atoms with Gasteiger partial charge in [0.25, 0.3) is 5.69 Å². The lowest BCUT2D eigenvalue weighted by Gasteiger charge is -2.23. The summed E-state index contributed by atoms with van der Waals surface area (Å²) in [6, 6.07) is 5.06. The first-order valence-electron chi connectivity index (χ1n) is 7.34. The van der Waals surface area contributed by atoms with Gasteiger partial charge >= 0.3 is 0 Å². The molecule has 1 heterocycles. The minimum absolute atomic E-state index is 0.0457. The lowest BCUT2D eigenvalue weighted by Crippen LogP contribution is -2.34. The molecule has 0 radical (unpaired) electrons. The molecule has 1 amide bonds. The fraction of sp³-hybridized carbons (Fsp3) is 0.533. The third-order valence-electron chi connectivity index (χ3n) is 3.81. The summed E-state index contributed by atoms with van der Waals surface area (Å²) in [4.78, 5) is 22.2. The number of nitro groups is 1. The van der Waals surface area contributed by atoms with Crippen LogP contribution in [0.3, 0.4) is 0 Å². The van der Waals surface area contributed by atoms with Crippen molar-refractivity contribution in [3.8, 4) is 0 Å². The molecule has 0 aliphatic carbocycles. The third-order valence-corrected chi connectivity index (χ3v) is 3.81. The Hall–Kier alpha value is -1.95. The number of anilines is 1. The number of aryl methyl sites for hydroxylation is 1. The first-order valence-corrected chi connectivity index (χ1v) is 7.34. The quantitative estimate of drug-likeness (QED) is 0.645. The Kier molecular flexibility index (Phi) is 5.27. The molecule has 0 spiro atoms. The fourth-order valence-electron chi connectivity index (χ4n) is 2.64. The topological polar surface area (TPSA) is 84.3 Å². The van der Waals surface area contributed by atoms with Crippen molar-refractivity contribution in [1.29, 1.82) is 0 Å². The highest BCUT2D eigenvalue weighted by Crippen LogP contribution is 2.22. The summed E-state index contributed by atoms with van der Waals surface area (Å²) in [6.07, 6.45) is 4.86. The van der Waals surface area contributed by atoms with Gasteiger partial charge in [-0.3, -0.25) is 14.9 Å². The monoisotopic (exact) mass is 291 g/mol. The summed E-state index contributed by atoms with van der Waals surface area (Å²) in [7, 11) is 0. The average Bonchev–Trinajstić information content (AvgIpc) is 2.46. The van der Waals surface area contributed by atoms with Crippen LogP contribution in [-0.4, -0.2) is 23.4 Å². The number of hydrogen-bond donors (Lipinski definition) is 2. The smallest absolute Gasteiger partial charge is 0.272 e. The van der Waals surface area contributed by atoms with E-state index in [0.717, 1.165) is 19.4 Å². The second kappa shape index (κ2) is 7.17.